The molecule has 0 spiro atoms. The summed E-state index contributed by atoms with van der Waals surface area (Å²) in [4.78, 5) is 12.3. The van der Waals surface area contributed by atoms with E-state index in [9.17, 15) is 4.79 Å². The maximum atomic E-state index is 12.3. The molecular formula is C26H26N2O2S. The highest BCUT2D eigenvalue weighted by atomic mass is 32.2. The Morgan fingerprint density at radius 3 is 2.29 bits per heavy atom. The van der Waals surface area contributed by atoms with Gasteiger partial charge in [-0.25, -0.2) is 5.43 Å². The van der Waals surface area contributed by atoms with Crippen LogP contribution >= 0.6 is 11.8 Å². The lowest BCUT2D eigenvalue weighted by Gasteiger charge is -2.12. The van der Waals surface area contributed by atoms with Gasteiger partial charge in [-0.15, -0.1) is 11.8 Å². The average Bonchev–Trinajstić information content (AvgIpc) is 3.13. The number of benzene rings is 3. The van der Waals surface area contributed by atoms with E-state index in [1.807, 2.05) is 24.3 Å². The third kappa shape index (κ3) is 5.17. The van der Waals surface area contributed by atoms with E-state index in [2.05, 4.69) is 66.0 Å². The number of nitrogens with one attached hydrogen (secondary N) is 1. The Bertz CT molecular complexity index is 1020. The van der Waals surface area contributed by atoms with Crippen molar-refractivity contribution >= 4 is 23.9 Å². The molecule has 0 bridgehead atoms. The van der Waals surface area contributed by atoms with E-state index >= 15 is 0 Å². The molecule has 4 rings (SSSR count). The summed E-state index contributed by atoms with van der Waals surface area (Å²) < 4.78 is 5.66. The smallest absolute Gasteiger partial charge is 0.250 e. The van der Waals surface area contributed by atoms with E-state index in [1.165, 1.54) is 22.3 Å². The number of ether oxygens (including phenoxy) is 1. The summed E-state index contributed by atoms with van der Waals surface area (Å²) in [5, 5.41) is 4.27. The minimum atomic E-state index is -0.109. The van der Waals surface area contributed by atoms with Crippen molar-refractivity contribution in [1.82, 2.24) is 5.43 Å². The van der Waals surface area contributed by atoms with E-state index in [4.69, 9.17) is 4.74 Å². The standard InChI is InChI=1S/C26H26N2O2S/c1-2-3-16-30-20-14-12-19(13-15-20)17-27-28-25(29)18-31-26-23-10-6-4-8-21(23)22-9-5-7-11-24(22)26/h4-15,17,26H,2-3,16,18H2,1H3,(H,28,29)/b27-17-. The monoisotopic (exact) mass is 430 g/mol. The Kier molecular flexibility index (Phi) is 7.05. The number of hydrazone groups is 1. The Morgan fingerprint density at radius 1 is 1.00 bits per heavy atom. The normalized spacial score (nSPS) is 12.5. The average molecular weight is 431 g/mol. The maximum Gasteiger partial charge on any atom is 0.250 e. The Labute approximate surface area is 187 Å². The van der Waals surface area contributed by atoms with Crippen LogP contribution in [0.25, 0.3) is 11.1 Å². The van der Waals surface area contributed by atoms with Crippen LogP contribution in [0.5, 0.6) is 5.75 Å². The largest absolute Gasteiger partial charge is 0.494 e. The molecule has 0 saturated carbocycles. The lowest BCUT2D eigenvalue weighted by atomic mass is 10.1. The van der Waals surface area contributed by atoms with Gasteiger partial charge in [0.25, 0.3) is 0 Å². The number of nitrogens with zero attached hydrogens (tertiary/aromatic N) is 1. The fraction of sp³-hybridized carbons (Fsp3) is 0.231. The first-order valence-corrected chi connectivity index (χ1v) is 11.7. The van der Waals surface area contributed by atoms with Crippen LogP contribution < -0.4 is 10.2 Å². The molecule has 0 atom stereocenters. The number of amides is 1. The van der Waals surface area contributed by atoms with Crippen LogP contribution in [-0.2, 0) is 4.79 Å². The van der Waals surface area contributed by atoms with Gasteiger partial charge in [0.1, 0.15) is 5.75 Å². The first-order chi connectivity index (χ1) is 15.3. The molecule has 0 radical (unpaired) electrons. The van der Waals surface area contributed by atoms with Crippen molar-refractivity contribution in [3.05, 3.63) is 89.5 Å². The van der Waals surface area contributed by atoms with Crippen LogP contribution in [0.2, 0.25) is 0 Å². The molecule has 1 N–H and O–H groups in total. The highest BCUT2D eigenvalue weighted by Crippen LogP contribution is 2.49. The predicted octanol–water partition coefficient (Wildman–Crippen LogP) is 5.82. The van der Waals surface area contributed by atoms with Crippen molar-refractivity contribution in [3.8, 4) is 16.9 Å². The van der Waals surface area contributed by atoms with Gasteiger partial charge in [0.15, 0.2) is 0 Å². The number of fused-ring (bicyclic) bond motifs is 3. The molecule has 158 valence electrons. The summed E-state index contributed by atoms with van der Waals surface area (Å²) in [6.45, 7) is 2.87. The number of carbonyl (C=O) groups is 1. The number of carbonyl (C=O) groups excluding carboxylic acids is 1. The highest BCUT2D eigenvalue weighted by molar-refractivity contribution is 8.00. The summed E-state index contributed by atoms with van der Waals surface area (Å²) in [7, 11) is 0. The van der Waals surface area contributed by atoms with Gasteiger partial charge in [0.05, 0.1) is 23.8 Å². The van der Waals surface area contributed by atoms with Crippen LogP contribution in [-0.4, -0.2) is 24.5 Å². The van der Waals surface area contributed by atoms with Crippen LogP contribution in [0, 0.1) is 0 Å². The number of hydrogen-bond donors (Lipinski definition) is 1. The molecule has 1 amide bonds. The van der Waals surface area contributed by atoms with Crippen molar-refractivity contribution in [2.45, 2.75) is 25.0 Å². The Morgan fingerprint density at radius 2 is 1.65 bits per heavy atom. The minimum Gasteiger partial charge on any atom is -0.494 e. The topological polar surface area (TPSA) is 50.7 Å². The van der Waals surface area contributed by atoms with Crippen molar-refractivity contribution in [2.24, 2.45) is 5.10 Å². The first-order valence-electron chi connectivity index (χ1n) is 10.6. The molecular weight excluding hydrogens is 404 g/mol. The molecule has 0 aromatic heterocycles. The summed E-state index contributed by atoms with van der Waals surface area (Å²) in [6, 6.07) is 24.5. The van der Waals surface area contributed by atoms with E-state index in [0.29, 0.717) is 5.75 Å². The molecule has 0 aliphatic heterocycles. The zero-order chi connectivity index (χ0) is 21.5. The summed E-state index contributed by atoms with van der Waals surface area (Å²) in [6.07, 6.45) is 3.81. The fourth-order valence-corrected chi connectivity index (χ4v) is 4.80. The molecule has 3 aromatic rings. The second kappa shape index (κ2) is 10.3. The molecule has 0 unspecified atom stereocenters. The molecule has 0 saturated heterocycles. The minimum absolute atomic E-state index is 0.109. The molecule has 1 aliphatic rings. The van der Waals surface area contributed by atoms with E-state index < -0.39 is 0 Å². The van der Waals surface area contributed by atoms with Crippen LogP contribution in [0.3, 0.4) is 0 Å². The summed E-state index contributed by atoms with van der Waals surface area (Å²) >= 11 is 1.63. The molecule has 0 fully saturated rings. The summed E-state index contributed by atoms with van der Waals surface area (Å²) in [5.41, 5.74) is 8.61. The Balaban J connectivity index is 1.30. The van der Waals surface area contributed by atoms with E-state index in [1.54, 1.807) is 18.0 Å². The van der Waals surface area contributed by atoms with Crippen LogP contribution in [0.1, 0.15) is 41.7 Å². The second-order valence-electron chi connectivity index (χ2n) is 7.43. The van der Waals surface area contributed by atoms with Crippen molar-refractivity contribution < 1.29 is 9.53 Å². The maximum absolute atomic E-state index is 12.3. The number of hydrogen-bond acceptors (Lipinski definition) is 4. The quantitative estimate of drug-likeness (QED) is 0.264. The molecule has 3 aromatic carbocycles. The van der Waals surface area contributed by atoms with E-state index in [0.717, 1.165) is 30.8 Å². The van der Waals surface area contributed by atoms with Crippen LogP contribution in [0.4, 0.5) is 0 Å². The zero-order valence-electron chi connectivity index (χ0n) is 17.6. The first kappa shape index (κ1) is 21.2. The van der Waals surface area contributed by atoms with Gasteiger partial charge in [-0.1, -0.05) is 61.9 Å². The van der Waals surface area contributed by atoms with Gasteiger partial charge in [-0.2, -0.15) is 5.10 Å². The molecule has 4 nitrogen and oxygen atoms in total. The summed E-state index contributed by atoms with van der Waals surface area (Å²) in [5.74, 6) is 1.08. The van der Waals surface area contributed by atoms with Crippen LogP contribution in [0.15, 0.2) is 77.9 Å². The number of rotatable bonds is 9. The Hall–Kier alpha value is -3.05. The van der Waals surface area contributed by atoms with Gasteiger partial charge >= 0.3 is 0 Å². The third-order valence-corrected chi connectivity index (χ3v) is 6.48. The second-order valence-corrected chi connectivity index (χ2v) is 8.52. The predicted molar refractivity (Wildman–Crippen MR) is 129 cm³/mol. The molecule has 1 aliphatic carbocycles. The van der Waals surface area contributed by atoms with Crippen molar-refractivity contribution in [2.75, 3.05) is 12.4 Å². The number of unbranched alkanes of at least 4 members (excludes halogenated alkanes) is 1. The lowest BCUT2D eigenvalue weighted by Crippen LogP contribution is -2.20. The van der Waals surface area contributed by atoms with Gasteiger partial charge in [0.2, 0.25) is 5.91 Å². The van der Waals surface area contributed by atoms with E-state index in [-0.39, 0.29) is 11.2 Å². The molecule has 0 heterocycles. The van der Waals surface area contributed by atoms with Crippen molar-refractivity contribution in [1.29, 1.82) is 0 Å². The zero-order valence-corrected chi connectivity index (χ0v) is 18.4. The van der Waals surface area contributed by atoms with Gasteiger partial charge < -0.3 is 4.74 Å². The van der Waals surface area contributed by atoms with Gasteiger partial charge in [-0.05, 0) is 58.5 Å². The van der Waals surface area contributed by atoms with Gasteiger partial charge in [-0.3, -0.25) is 4.79 Å². The number of thioether (sulfide) groups is 1. The molecule has 31 heavy (non-hydrogen) atoms. The van der Waals surface area contributed by atoms with Gasteiger partial charge in [0, 0.05) is 0 Å². The van der Waals surface area contributed by atoms with Crippen molar-refractivity contribution in [3.63, 3.8) is 0 Å². The molecule has 5 heteroatoms. The highest BCUT2D eigenvalue weighted by Gasteiger charge is 2.28. The third-order valence-electron chi connectivity index (χ3n) is 5.21. The lowest BCUT2D eigenvalue weighted by molar-refractivity contribution is -0.118. The fourth-order valence-electron chi connectivity index (χ4n) is 3.64. The SMILES string of the molecule is CCCCOc1ccc(/C=N\NC(=O)CSC2c3ccccc3-c3ccccc32)cc1.